The topological polar surface area (TPSA) is 93.6 Å². The normalized spacial score (nSPS) is 14.7. The molecular weight excluding hydrogens is 482 g/mol. The summed E-state index contributed by atoms with van der Waals surface area (Å²) in [5.74, 6) is -0.813. The molecule has 6 nitrogen and oxygen atoms in total. The highest BCUT2D eigenvalue weighted by atomic mass is 32.2. The minimum atomic E-state index is -3.62. The lowest BCUT2D eigenvalue weighted by atomic mass is 9.92. The molecule has 8 heteroatoms. The summed E-state index contributed by atoms with van der Waals surface area (Å²) in [5, 5.41) is 9.05. The SMILES string of the molecule is Cc1cccc(-c2nc3c(s2)C(S(=O)(=O)Cc2ccccc2)Cc2c(OCC(=O)O)cccc2-3)c1. The van der Waals surface area contributed by atoms with E-state index in [1.54, 1.807) is 12.1 Å². The molecule has 178 valence electrons. The second-order valence-corrected chi connectivity index (χ2v) is 11.8. The van der Waals surface area contributed by atoms with Crippen molar-refractivity contribution in [2.24, 2.45) is 0 Å². The van der Waals surface area contributed by atoms with E-state index in [2.05, 4.69) is 0 Å². The molecule has 35 heavy (non-hydrogen) atoms. The van der Waals surface area contributed by atoms with Crippen molar-refractivity contribution in [2.75, 3.05) is 6.61 Å². The molecule has 1 aliphatic rings. The number of nitrogens with zero attached hydrogens (tertiary/aromatic N) is 1. The van der Waals surface area contributed by atoms with Crippen molar-refractivity contribution in [1.82, 2.24) is 4.98 Å². The lowest BCUT2D eigenvalue weighted by Crippen LogP contribution is -2.22. The van der Waals surface area contributed by atoms with Crippen LogP contribution in [0.4, 0.5) is 0 Å². The maximum absolute atomic E-state index is 13.7. The van der Waals surface area contributed by atoms with Crippen molar-refractivity contribution in [3.05, 3.63) is 94.4 Å². The Morgan fingerprint density at radius 3 is 2.60 bits per heavy atom. The van der Waals surface area contributed by atoms with Gasteiger partial charge in [0.15, 0.2) is 16.4 Å². The largest absolute Gasteiger partial charge is 0.482 e. The van der Waals surface area contributed by atoms with Gasteiger partial charge in [0.1, 0.15) is 16.0 Å². The van der Waals surface area contributed by atoms with Crippen LogP contribution in [0.25, 0.3) is 21.8 Å². The second kappa shape index (κ2) is 9.28. The van der Waals surface area contributed by atoms with E-state index in [0.29, 0.717) is 21.9 Å². The quantitative estimate of drug-likeness (QED) is 0.358. The predicted octanol–water partition coefficient (Wildman–Crippen LogP) is 5.46. The van der Waals surface area contributed by atoms with E-state index >= 15 is 0 Å². The highest BCUT2D eigenvalue weighted by Crippen LogP contribution is 2.49. The van der Waals surface area contributed by atoms with Gasteiger partial charge in [-0.25, -0.2) is 18.2 Å². The molecule has 0 bridgehead atoms. The van der Waals surface area contributed by atoms with E-state index in [1.165, 1.54) is 11.3 Å². The van der Waals surface area contributed by atoms with Gasteiger partial charge in [0, 0.05) is 16.7 Å². The molecule has 0 saturated carbocycles. The Hall–Kier alpha value is -3.49. The molecule has 1 atom stereocenters. The van der Waals surface area contributed by atoms with Gasteiger partial charge in [0.2, 0.25) is 0 Å². The van der Waals surface area contributed by atoms with Crippen LogP contribution in [0.15, 0.2) is 72.8 Å². The summed E-state index contributed by atoms with van der Waals surface area (Å²) in [6.07, 6.45) is 0.197. The molecule has 0 radical (unpaired) electrons. The summed E-state index contributed by atoms with van der Waals surface area (Å²) in [5.41, 5.74) is 4.82. The Kier molecular flexibility index (Phi) is 6.17. The van der Waals surface area contributed by atoms with Gasteiger partial charge in [0.05, 0.1) is 16.3 Å². The predicted molar refractivity (Wildman–Crippen MR) is 136 cm³/mol. The zero-order chi connectivity index (χ0) is 24.6. The number of ether oxygens (including phenoxy) is 1. The number of benzene rings is 3. The Morgan fingerprint density at radius 2 is 1.86 bits per heavy atom. The lowest BCUT2D eigenvalue weighted by Gasteiger charge is -2.25. The second-order valence-electron chi connectivity index (χ2n) is 8.55. The van der Waals surface area contributed by atoms with Crippen LogP contribution < -0.4 is 4.74 Å². The van der Waals surface area contributed by atoms with E-state index < -0.39 is 27.7 Å². The van der Waals surface area contributed by atoms with Crippen LogP contribution in [0.5, 0.6) is 5.75 Å². The Bertz CT molecular complexity index is 1510. The highest BCUT2D eigenvalue weighted by Gasteiger charge is 2.38. The molecule has 0 aliphatic heterocycles. The summed E-state index contributed by atoms with van der Waals surface area (Å²) in [6, 6.07) is 22.4. The molecular formula is C27H23NO5S2. The molecule has 1 unspecified atom stereocenters. The Morgan fingerprint density at radius 1 is 1.09 bits per heavy atom. The molecule has 4 aromatic rings. The number of thiazole rings is 1. The van der Waals surface area contributed by atoms with Crippen molar-refractivity contribution < 1.29 is 23.1 Å². The number of rotatable bonds is 7. The van der Waals surface area contributed by atoms with Crippen molar-refractivity contribution in [3.8, 4) is 27.6 Å². The fourth-order valence-electron chi connectivity index (χ4n) is 4.39. The van der Waals surface area contributed by atoms with Crippen molar-refractivity contribution >= 4 is 27.1 Å². The summed E-state index contributed by atoms with van der Waals surface area (Å²) in [6.45, 7) is 1.50. The first-order valence-corrected chi connectivity index (χ1v) is 13.6. The molecule has 0 saturated heterocycles. The van der Waals surface area contributed by atoms with Crippen molar-refractivity contribution in [3.63, 3.8) is 0 Å². The van der Waals surface area contributed by atoms with Gasteiger partial charge in [-0.1, -0.05) is 66.2 Å². The third-order valence-corrected chi connectivity index (χ3v) is 9.36. The van der Waals surface area contributed by atoms with E-state index in [9.17, 15) is 13.2 Å². The van der Waals surface area contributed by atoms with E-state index in [4.69, 9.17) is 14.8 Å². The molecule has 1 aliphatic carbocycles. The first-order chi connectivity index (χ1) is 16.8. The van der Waals surface area contributed by atoms with Crippen LogP contribution in [0.2, 0.25) is 0 Å². The van der Waals surface area contributed by atoms with E-state index in [-0.39, 0.29) is 12.2 Å². The number of carboxylic acids is 1. The lowest BCUT2D eigenvalue weighted by molar-refractivity contribution is -0.139. The molecule has 3 aromatic carbocycles. The van der Waals surface area contributed by atoms with Gasteiger partial charge in [0.25, 0.3) is 0 Å². The highest BCUT2D eigenvalue weighted by molar-refractivity contribution is 7.91. The van der Waals surface area contributed by atoms with Crippen molar-refractivity contribution in [2.45, 2.75) is 24.3 Å². The summed E-state index contributed by atoms with van der Waals surface area (Å²) < 4.78 is 33.0. The molecule has 1 N–H and O–H groups in total. The average molecular weight is 506 g/mol. The first-order valence-electron chi connectivity index (χ1n) is 11.1. The maximum Gasteiger partial charge on any atom is 0.341 e. The number of sulfone groups is 1. The molecule has 5 rings (SSSR count). The van der Waals surface area contributed by atoms with E-state index in [0.717, 1.165) is 27.3 Å². The van der Waals surface area contributed by atoms with Gasteiger partial charge in [-0.2, -0.15) is 0 Å². The van der Waals surface area contributed by atoms with Gasteiger partial charge in [-0.05, 0) is 31.0 Å². The number of carbonyl (C=O) groups is 1. The summed E-state index contributed by atoms with van der Waals surface area (Å²) in [4.78, 5) is 16.7. The minimum Gasteiger partial charge on any atom is -0.482 e. The molecule has 0 amide bonds. The smallest absolute Gasteiger partial charge is 0.341 e. The number of carboxylic acid groups (broad SMARTS) is 1. The van der Waals surface area contributed by atoms with Crippen LogP contribution >= 0.6 is 11.3 Å². The van der Waals surface area contributed by atoms with Gasteiger partial charge in [-0.3, -0.25) is 0 Å². The fraction of sp³-hybridized carbons (Fsp3) is 0.185. The molecule has 0 fully saturated rings. The zero-order valence-corrected chi connectivity index (χ0v) is 20.6. The Labute approximate surface area is 207 Å². The van der Waals surface area contributed by atoms with Crippen LogP contribution in [0.3, 0.4) is 0 Å². The average Bonchev–Trinajstić information content (AvgIpc) is 3.28. The third kappa shape index (κ3) is 4.72. The van der Waals surface area contributed by atoms with Crippen LogP contribution in [-0.2, 0) is 26.8 Å². The molecule has 0 spiro atoms. The maximum atomic E-state index is 13.7. The number of aliphatic carboxylic acids is 1. The summed E-state index contributed by atoms with van der Waals surface area (Å²) in [7, 11) is -3.62. The standard InChI is InChI=1S/C27H23NO5S2/c1-17-7-5-10-19(13-17)27-28-25-20-11-6-12-22(33-15-24(29)30)21(20)14-23(26(25)34-27)35(31,32)16-18-8-3-2-4-9-18/h2-13,23H,14-16H2,1H3,(H,29,30). The third-order valence-electron chi connectivity index (χ3n) is 5.98. The number of fused-ring (bicyclic) bond motifs is 3. The van der Waals surface area contributed by atoms with Gasteiger partial charge < -0.3 is 9.84 Å². The van der Waals surface area contributed by atoms with Gasteiger partial charge in [-0.15, -0.1) is 11.3 Å². The first kappa shape index (κ1) is 23.3. The van der Waals surface area contributed by atoms with Crippen molar-refractivity contribution in [1.29, 1.82) is 0 Å². The van der Waals surface area contributed by atoms with E-state index in [1.807, 2.05) is 67.6 Å². The number of hydrogen-bond donors (Lipinski definition) is 1. The number of aromatic nitrogens is 1. The van der Waals surface area contributed by atoms with Crippen LogP contribution in [0.1, 0.15) is 26.8 Å². The zero-order valence-electron chi connectivity index (χ0n) is 19.0. The van der Waals surface area contributed by atoms with Crippen LogP contribution in [-0.4, -0.2) is 31.1 Å². The summed E-state index contributed by atoms with van der Waals surface area (Å²) >= 11 is 1.41. The Balaban J connectivity index is 1.65. The monoisotopic (exact) mass is 505 g/mol. The van der Waals surface area contributed by atoms with Gasteiger partial charge >= 0.3 is 5.97 Å². The minimum absolute atomic E-state index is 0.0941. The fourth-order valence-corrected chi connectivity index (χ4v) is 7.75. The number of aryl methyl sites for hydroxylation is 1. The number of hydrogen-bond acceptors (Lipinski definition) is 6. The molecule has 1 aromatic heterocycles. The molecule has 1 heterocycles. The van der Waals surface area contributed by atoms with Crippen LogP contribution in [0, 0.1) is 6.92 Å².